The minimum Gasteiger partial charge on any atom is -0.465 e. The Balaban J connectivity index is 2.89. The summed E-state index contributed by atoms with van der Waals surface area (Å²) in [4.78, 5) is 23.6. The lowest BCUT2D eigenvalue weighted by molar-refractivity contribution is -0.135. The van der Waals surface area contributed by atoms with E-state index in [0.29, 0.717) is 11.3 Å². The van der Waals surface area contributed by atoms with Crippen molar-refractivity contribution in [1.29, 1.82) is 0 Å². The smallest absolute Gasteiger partial charge is 0.412 e. The van der Waals surface area contributed by atoms with Crippen LogP contribution in [0, 0.1) is 5.41 Å². The molecular formula is C15H23NO4. The molecular weight excluding hydrogens is 258 g/mol. The van der Waals surface area contributed by atoms with Crippen LogP contribution in [0.4, 0.5) is 4.79 Å². The van der Waals surface area contributed by atoms with Crippen molar-refractivity contribution in [3.05, 3.63) is 23.4 Å². The summed E-state index contributed by atoms with van der Waals surface area (Å²) in [6.07, 6.45) is 3.76. The predicted octanol–water partition coefficient (Wildman–Crippen LogP) is 2.92. The highest BCUT2D eigenvalue weighted by Crippen LogP contribution is 2.32. The van der Waals surface area contributed by atoms with E-state index in [-0.39, 0.29) is 5.41 Å². The summed E-state index contributed by atoms with van der Waals surface area (Å²) >= 11 is 0. The highest BCUT2D eigenvalue weighted by Gasteiger charge is 2.28. The first-order chi connectivity index (χ1) is 9.04. The Kier molecular flexibility index (Phi) is 4.63. The molecule has 0 heterocycles. The lowest BCUT2D eigenvalue weighted by Crippen LogP contribution is -2.34. The zero-order valence-electron chi connectivity index (χ0n) is 13.0. The van der Waals surface area contributed by atoms with Gasteiger partial charge in [-0.15, -0.1) is 0 Å². The molecule has 0 aromatic rings. The molecule has 0 radical (unpaired) electrons. The Morgan fingerprint density at radius 1 is 1.30 bits per heavy atom. The molecule has 20 heavy (non-hydrogen) atoms. The third-order valence-corrected chi connectivity index (χ3v) is 2.70. The Labute approximate surface area is 120 Å². The Morgan fingerprint density at radius 2 is 1.90 bits per heavy atom. The SMILES string of the molecule is COC(=O)C1=CC(C)(C)CC=C1NC(=O)OC(C)(C)C. The highest BCUT2D eigenvalue weighted by atomic mass is 16.6. The molecule has 5 nitrogen and oxygen atoms in total. The summed E-state index contributed by atoms with van der Waals surface area (Å²) in [7, 11) is 1.32. The van der Waals surface area contributed by atoms with E-state index >= 15 is 0 Å². The molecule has 0 aromatic carbocycles. The summed E-state index contributed by atoms with van der Waals surface area (Å²) in [5.41, 5.74) is 0.0520. The molecule has 1 amide bonds. The monoisotopic (exact) mass is 281 g/mol. The number of esters is 1. The quantitative estimate of drug-likeness (QED) is 0.790. The first-order valence-corrected chi connectivity index (χ1v) is 6.56. The van der Waals surface area contributed by atoms with Gasteiger partial charge in [0.05, 0.1) is 18.4 Å². The molecule has 0 spiro atoms. The molecule has 0 saturated carbocycles. The van der Waals surface area contributed by atoms with Crippen LogP contribution >= 0.6 is 0 Å². The van der Waals surface area contributed by atoms with Crippen molar-refractivity contribution in [2.24, 2.45) is 5.41 Å². The third-order valence-electron chi connectivity index (χ3n) is 2.70. The van der Waals surface area contributed by atoms with Crippen molar-refractivity contribution >= 4 is 12.1 Å². The third kappa shape index (κ3) is 4.72. The summed E-state index contributed by atoms with van der Waals surface area (Å²) in [5, 5.41) is 2.61. The number of hydrogen-bond acceptors (Lipinski definition) is 4. The molecule has 0 aromatic heterocycles. The van der Waals surface area contributed by atoms with Crippen LogP contribution in [0.3, 0.4) is 0 Å². The largest absolute Gasteiger partial charge is 0.465 e. The lowest BCUT2D eigenvalue weighted by Gasteiger charge is -2.27. The number of hydrogen-bond donors (Lipinski definition) is 1. The molecule has 1 rings (SSSR count). The Hall–Kier alpha value is -1.78. The van der Waals surface area contributed by atoms with Crippen molar-refractivity contribution in [2.75, 3.05) is 7.11 Å². The van der Waals surface area contributed by atoms with Crippen LogP contribution in [0.5, 0.6) is 0 Å². The van der Waals surface area contributed by atoms with Crippen LogP contribution in [0.25, 0.3) is 0 Å². The van der Waals surface area contributed by atoms with Gasteiger partial charge in [-0.05, 0) is 32.6 Å². The van der Waals surface area contributed by atoms with Gasteiger partial charge in [0.1, 0.15) is 5.60 Å². The molecule has 0 atom stereocenters. The number of carbonyl (C=O) groups is 2. The Bertz CT molecular complexity index is 467. The fourth-order valence-corrected chi connectivity index (χ4v) is 1.81. The van der Waals surface area contributed by atoms with E-state index < -0.39 is 17.7 Å². The molecule has 112 valence electrons. The van der Waals surface area contributed by atoms with Gasteiger partial charge in [0.2, 0.25) is 0 Å². The maximum atomic E-state index is 11.8. The fraction of sp³-hybridized carbons (Fsp3) is 0.600. The zero-order valence-corrected chi connectivity index (χ0v) is 13.0. The number of rotatable bonds is 2. The van der Waals surface area contributed by atoms with E-state index in [1.807, 2.05) is 26.0 Å². The first-order valence-electron chi connectivity index (χ1n) is 6.56. The molecule has 0 saturated heterocycles. The highest BCUT2D eigenvalue weighted by molar-refractivity contribution is 5.95. The number of nitrogens with one attached hydrogen (secondary N) is 1. The van der Waals surface area contributed by atoms with Crippen molar-refractivity contribution in [1.82, 2.24) is 5.32 Å². The van der Waals surface area contributed by atoms with Gasteiger partial charge in [0, 0.05) is 0 Å². The summed E-state index contributed by atoms with van der Waals surface area (Å²) in [5.74, 6) is -0.472. The van der Waals surface area contributed by atoms with Crippen molar-refractivity contribution in [3.63, 3.8) is 0 Å². The molecule has 1 N–H and O–H groups in total. The second-order valence-electron chi connectivity index (χ2n) is 6.49. The van der Waals surface area contributed by atoms with E-state index in [1.54, 1.807) is 20.8 Å². The molecule has 0 bridgehead atoms. The molecule has 1 aliphatic carbocycles. The maximum absolute atomic E-state index is 11.8. The second kappa shape index (κ2) is 5.69. The summed E-state index contributed by atoms with van der Waals surface area (Å²) in [6.45, 7) is 9.36. The number of carbonyl (C=O) groups excluding carboxylic acids is 2. The van der Waals surface area contributed by atoms with Gasteiger partial charge in [-0.2, -0.15) is 0 Å². The lowest BCUT2D eigenvalue weighted by atomic mass is 9.82. The van der Waals surface area contributed by atoms with Crippen LogP contribution in [-0.2, 0) is 14.3 Å². The van der Waals surface area contributed by atoms with Crippen LogP contribution in [-0.4, -0.2) is 24.8 Å². The molecule has 0 unspecified atom stereocenters. The zero-order chi connectivity index (χ0) is 15.6. The van der Waals surface area contributed by atoms with E-state index in [1.165, 1.54) is 7.11 Å². The van der Waals surface area contributed by atoms with Gasteiger partial charge in [0.25, 0.3) is 0 Å². The fourth-order valence-electron chi connectivity index (χ4n) is 1.81. The van der Waals surface area contributed by atoms with Gasteiger partial charge < -0.3 is 9.47 Å². The van der Waals surface area contributed by atoms with Crippen molar-refractivity contribution < 1.29 is 19.1 Å². The van der Waals surface area contributed by atoms with E-state index in [4.69, 9.17) is 9.47 Å². The first kappa shape index (κ1) is 16.3. The average molecular weight is 281 g/mol. The number of methoxy groups -OCH3 is 1. The average Bonchev–Trinajstić information content (AvgIpc) is 2.27. The number of alkyl carbamates (subject to hydrolysis) is 1. The minimum absolute atomic E-state index is 0.150. The van der Waals surface area contributed by atoms with Gasteiger partial charge >= 0.3 is 12.1 Å². The second-order valence-corrected chi connectivity index (χ2v) is 6.49. The molecule has 5 heteroatoms. The van der Waals surface area contributed by atoms with Crippen LogP contribution in [0.1, 0.15) is 41.0 Å². The van der Waals surface area contributed by atoms with E-state index in [0.717, 1.165) is 6.42 Å². The van der Waals surface area contributed by atoms with Gasteiger partial charge in [-0.1, -0.05) is 26.0 Å². The van der Waals surface area contributed by atoms with Crippen molar-refractivity contribution in [2.45, 2.75) is 46.6 Å². The van der Waals surface area contributed by atoms with Gasteiger partial charge in [-0.3, -0.25) is 5.32 Å². The van der Waals surface area contributed by atoms with Crippen LogP contribution < -0.4 is 5.32 Å². The normalized spacial score (nSPS) is 17.7. The topological polar surface area (TPSA) is 64.6 Å². The maximum Gasteiger partial charge on any atom is 0.412 e. The van der Waals surface area contributed by atoms with Crippen molar-refractivity contribution in [3.8, 4) is 0 Å². The molecule has 0 fully saturated rings. The molecule has 0 aliphatic heterocycles. The minimum atomic E-state index is -0.590. The van der Waals surface area contributed by atoms with Gasteiger partial charge in [0.15, 0.2) is 0 Å². The molecule has 1 aliphatic rings. The predicted molar refractivity (Wildman–Crippen MR) is 75.9 cm³/mol. The number of ether oxygens (including phenoxy) is 2. The summed E-state index contributed by atoms with van der Waals surface area (Å²) in [6, 6.07) is 0. The van der Waals surface area contributed by atoms with Crippen LogP contribution in [0.15, 0.2) is 23.4 Å². The standard InChI is InChI=1S/C15H23NO4/c1-14(2,3)20-13(18)16-11-7-8-15(4,5)9-10(11)12(17)19-6/h7,9H,8H2,1-6H3,(H,16,18). The van der Waals surface area contributed by atoms with Crippen LogP contribution in [0.2, 0.25) is 0 Å². The van der Waals surface area contributed by atoms with E-state index in [9.17, 15) is 9.59 Å². The number of amides is 1. The number of allylic oxidation sites excluding steroid dienone is 2. The van der Waals surface area contributed by atoms with Gasteiger partial charge in [-0.25, -0.2) is 9.59 Å². The van der Waals surface area contributed by atoms with E-state index in [2.05, 4.69) is 5.32 Å². The Morgan fingerprint density at radius 3 is 2.40 bits per heavy atom. The summed E-state index contributed by atoms with van der Waals surface area (Å²) < 4.78 is 9.94.